The third-order valence-electron chi connectivity index (χ3n) is 2.18. The van der Waals surface area contributed by atoms with Gasteiger partial charge in [-0.2, -0.15) is 0 Å². The van der Waals surface area contributed by atoms with Gasteiger partial charge in [-0.05, 0) is 31.7 Å². The first-order chi connectivity index (χ1) is 6.60. The molecule has 0 aliphatic rings. The first-order valence-corrected chi connectivity index (χ1v) is 4.58. The Morgan fingerprint density at radius 3 is 2.79 bits per heavy atom. The molecule has 1 N–H and O–H groups in total. The van der Waals surface area contributed by atoms with Crippen molar-refractivity contribution in [2.24, 2.45) is 0 Å². The highest BCUT2D eigenvalue weighted by Gasteiger charge is 2.24. The largest absolute Gasteiger partial charge is 0.497 e. The van der Waals surface area contributed by atoms with Crippen LogP contribution in [-0.4, -0.2) is 20.7 Å². The second-order valence-electron chi connectivity index (χ2n) is 3.46. The van der Waals surface area contributed by atoms with Crippen molar-refractivity contribution in [2.75, 3.05) is 20.7 Å². The Balaban J connectivity index is 2.93. The van der Waals surface area contributed by atoms with Crippen LogP contribution in [0.2, 0.25) is 0 Å². The quantitative estimate of drug-likeness (QED) is 0.798. The number of ether oxygens (including phenoxy) is 1. The lowest BCUT2D eigenvalue weighted by Crippen LogP contribution is -2.29. The van der Waals surface area contributed by atoms with Gasteiger partial charge in [0.2, 0.25) is 0 Å². The van der Waals surface area contributed by atoms with Crippen molar-refractivity contribution in [1.29, 1.82) is 0 Å². The van der Waals surface area contributed by atoms with Crippen molar-refractivity contribution in [3.8, 4) is 5.75 Å². The molecular weight excluding hydrogens is 181 g/mol. The van der Waals surface area contributed by atoms with Crippen molar-refractivity contribution in [3.63, 3.8) is 0 Å². The smallest absolute Gasteiger partial charge is 0.145 e. The summed E-state index contributed by atoms with van der Waals surface area (Å²) in [5.41, 5.74) is -0.727. The monoisotopic (exact) mass is 197 g/mol. The average molecular weight is 197 g/mol. The molecule has 0 saturated heterocycles. The standard InChI is InChI=1S/C11H16FNO/c1-11(12,8-13-2)9-5-4-6-10(7-9)14-3/h4-7,13H,8H2,1-3H3. The zero-order valence-electron chi connectivity index (χ0n) is 8.80. The molecule has 0 aromatic heterocycles. The zero-order valence-corrected chi connectivity index (χ0v) is 8.80. The van der Waals surface area contributed by atoms with E-state index in [1.165, 1.54) is 0 Å². The molecule has 1 aromatic carbocycles. The van der Waals surface area contributed by atoms with Gasteiger partial charge in [-0.15, -0.1) is 0 Å². The second-order valence-corrected chi connectivity index (χ2v) is 3.46. The number of nitrogens with one attached hydrogen (secondary N) is 1. The molecule has 0 heterocycles. The summed E-state index contributed by atoms with van der Waals surface area (Å²) in [6.07, 6.45) is 0. The van der Waals surface area contributed by atoms with Gasteiger partial charge in [0.15, 0.2) is 0 Å². The predicted octanol–water partition coefficient (Wildman–Crippen LogP) is 2.10. The summed E-state index contributed by atoms with van der Waals surface area (Å²) < 4.78 is 19.1. The lowest BCUT2D eigenvalue weighted by Gasteiger charge is -2.20. The number of hydrogen-bond acceptors (Lipinski definition) is 2. The van der Waals surface area contributed by atoms with Gasteiger partial charge in [0.25, 0.3) is 0 Å². The molecular formula is C11H16FNO. The minimum absolute atomic E-state index is 0.292. The Bertz CT molecular complexity index is 299. The van der Waals surface area contributed by atoms with E-state index in [0.29, 0.717) is 17.9 Å². The van der Waals surface area contributed by atoms with Gasteiger partial charge in [-0.1, -0.05) is 12.1 Å². The topological polar surface area (TPSA) is 21.3 Å². The van der Waals surface area contributed by atoms with E-state index in [1.807, 2.05) is 0 Å². The van der Waals surface area contributed by atoms with E-state index >= 15 is 0 Å². The van der Waals surface area contributed by atoms with Gasteiger partial charge in [-0.3, -0.25) is 0 Å². The van der Waals surface area contributed by atoms with E-state index in [1.54, 1.807) is 45.3 Å². The fourth-order valence-corrected chi connectivity index (χ4v) is 1.38. The van der Waals surface area contributed by atoms with Crippen LogP contribution in [-0.2, 0) is 5.67 Å². The Kier molecular flexibility index (Phi) is 3.47. The van der Waals surface area contributed by atoms with Gasteiger partial charge in [0.1, 0.15) is 11.4 Å². The summed E-state index contributed by atoms with van der Waals surface area (Å²) in [4.78, 5) is 0. The summed E-state index contributed by atoms with van der Waals surface area (Å²) >= 11 is 0. The maximum atomic E-state index is 14.0. The number of benzene rings is 1. The van der Waals surface area contributed by atoms with E-state index in [9.17, 15) is 4.39 Å². The van der Waals surface area contributed by atoms with Gasteiger partial charge in [-0.25, -0.2) is 4.39 Å². The summed E-state index contributed by atoms with van der Waals surface area (Å²) in [5.74, 6) is 0.683. The summed E-state index contributed by atoms with van der Waals surface area (Å²) in [6, 6.07) is 7.08. The van der Waals surface area contributed by atoms with Crippen LogP contribution in [0.3, 0.4) is 0 Å². The third kappa shape index (κ3) is 2.45. The van der Waals surface area contributed by atoms with Gasteiger partial charge >= 0.3 is 0 Å². The fourth-order valence-electron chi connectivity index (χ4n) is 1.38. The van der Waals surface area contributed by atoms with Crippen molar-refractivity contribution in [2.45, 2.75) is 12.6 Å². The molecule has 0 spiro atoms. The van der Waals surface area contributed by atoms with Crippen LogP contribution < -0.4 is 10.1 Å². The van der Waals surface area contributed by atoms with Crippen LogP contribution >= 0.6 is 0 Å². The van der Waals surface area contributed by atoms with Crippen molar-refractivity contribution >= 4 is 0 Å². The molecule has 3 heteroatoms. The summed E-state index contributed by atoms with van der Waals surface area (Å²) in [5, 5.41) is 2.83. The molecule has 0 saturated carbocycles. The van der Waals surface area contributed by atoms with Crippen molar-refractivity contribution < 1.29 is 9.13 Å². The molecule has 2 nitrogen and oxygen atoms in total. The normalized spacial score (nSPS) is 14.9. The minimum atomic E-state index is -1.36. The Hall–Kier alpha value is -1.09. The highest BCUT2D eigenvalue weighted by atomic mass is 19.1. The van der Waals surface area contributed by atoms with E-state index in [0.717, 1.165) is 0 Å². The van der Waals surface area contributed by atoms with Crippen LogP contribution in [0.4, 0.5) is 4.39 Å². The van der Waals surface area contributed by atoms with Crippen LogP contribution in [0.25, 0.3) is 0 Å². The molecule has 1 atom stereocenters. The molecule has 1 rings (SSSR count). The summed E-state index contributed by atoms with van der Waals surface area (Å²) in [6.45, 7) is 1.85. The first-order valence-electron chi connectivity index (χ1n) is 4.58. The van der Waals surface area contributed by atoms with Crippen LogP contribution in [0.5, 0.6) is 5.75 Å². The fraction of sp³-hybridized carbons (Fsp3) is 0.455. The predicted molar refractivity (Wildman–Crippen MR) is 55.4 cm³/mol. The molecule has 0 fully saturated rings. The maximum absolute atomic E-state index is 14.0. The molecule has 14 heavy (non-hydrogen) atoms. The number of alkyl halides is 1. The van der Waals surface area contributed by atoms with Crippen molar-refractivity contribution in [3.05, 3.63) is 29.8 Å². The van der Waals surface area contributed by atoms with Crippen LogP contribution in [0.1, 0.15) is 12.5 Å². The number of hydrogen-bond donors (Lipinski definition) is 1. The SMILES string of the molecule is CNCC(C)(F)c1cccc(OC)c1. The van der Waals surface area contributed by atoms with Crippen LogP contribution in [0.15, 0.2) is 24.3 Å². The summed E-state index contributed by atoms with van der Waals surface area (Å²) in [7, 11) is 3.31. The molecule has 0 aliphatic carbocycles. The third-order valence-corrected chi connectivity index (χ3v) is 2.18. The van der Waals surface area contributed by atoms with Crippen LogP contribution in [0, 0.1) is 0 Å². The molecule has 78 valence electrons. The lowest BCUT2D eigenvalue weighted by molar-refractivity contribution is 0.190. The zero-order chi connectivity index (χ0) is 10.6. The minimum Gasteiger partial charge on any atom is -0.497 e. The highest BCUT2D eigenvalue weighted by molar-refractivity contribution is 5.32. The highest BCUT2D eigenvalue weighted by Crippen LogP contribution is 2.27. The molecule has 0 amide bonds. The van der Waals surface area contributed by atoms with Gasteiger partial charge in [0.05, 0.1) is 7.11 Å². The Morgan fingerprint density at radius 1 is 1.50 bits per heavy atom. The molecule has 0 aliphatic heterocycles. The molecule has 0 bridgehead atoms. The molecule has 1 aromatic rings. The number of likely N-dealkylation sites (N-methyl/N-ethyl adjacent to an activating group) is 1. The molecule has 0 radical (unpaired) electrons. The Labute approximate surface area is 84.1 Å². The van der Waals surface area contributed by atoms with Gasteiger partial charge in [0, 0.05) is 6.54 Å². The van der Waals surface area contributed by atoms with E-state index in [4.69, 9.17) is 4.74 Å². The average Bonchev–Trinajstić information content (AvgIpc) is 2.18. The molecule has 1 unspecified atom stereocenters. The Morgan fingerprint density at radius 2 is 2.21 bits per heavy atom. The van der Waals surface area contributed by atoms with E-state index in [2.05, 4.69) is 5.32 Å². The maximum Gasteiger partial charge on any atom is 0.145 e. The second kappa shape index (κ2) is 4.42. The first kappa shape index (κ1) is 11.0. The number of rotatable bonds is 4. The van der Waals surface area contributed by atoms with Crippen molar-refractivity contribution in [1.82, 2.24) is 5.32 Å². The number of methoxy groups -OCH3 is 1. The van der Waals surface area contributed by atoms with Gasteiger partial charge < -0.3 is 10.1 Å². The number of halogens is 1. The van der Waals surface area contributed by atoms with E-state index < -0.39 is 5.67 Å². The lowest BCUT2D eigenvalue weighted by atomic mass is 9.98. The van der Waals surface area contributed by atoms with E-state index in [-0.39, 0.29) is 0 Å².